The van der Waals surface area contributed by atoms with Crippen LogP contribution < -0.4 is 5.32 Å². The van der Waals surface area contributed by atoms with E-state index < -0.39 is 0 Å². The van der Waals surface area contributed by atoms with E-state index in [1.165, 1.54) is 0 Å². The van der Waals surface area contributed by atoms with Gasteiger partial charge in [-0.25, -0.2) is 9.97 Å². The van der Waals surface area contributed by atoms with E-state index in [9.17, 15) is 10.1 Å². The molecule has 2 aromatic rings. The lowest BCUT2D eigenvalue weighted by Gasteiger charge is -2.29. The maximum Gasteiger partial charge on any atom is 0.257 e. The summed E-state index contributed by atoms with van der Waals surface area (Å²) in [5.41, 5.74) is 4.10. The first-order valence-electron chi connectivity index (χ1n) is 9.31. The van der Waals surface area contributed by atoms with Crippen molar-refractivity contribution in [2.45, 2.75) is 25.4 Å². The van der Waals surface area contributed by atoms with Crippen LogP contribution in [0, 0.1) is 17.2 Å². The highest BCUT2D eigenvalue weighted by atomic mass is 35.5. The Labute approximate surface area is 167 Å². The Bertz CT molecular complexity index is 1010. The van der Waals surface area contributed by atoms with Gasteiger partial charge in [0, 0.05) is 29.7 Å². The van der Waals surface area contributed by atoms with Gasteiger partial charge in [0.05, 0.1) is 42.6 Å². The number of rotatable bonds is 4. The van der Waals surface area contributed by atoms with E-state index in [0.717, 1.165) is 42.9 Å². The molecular formula is C20H18ClN5O2. The lowest BCUT2D eigenvalue weighted by atomic mass is 10.0. The molecular weight excluding hydrogens is 378 g/mol. The van der Waals surface area contributed by atoms with Crippen molar-refractivity contribution in [3.05, 3.63) is 51.3 Å². The Kier molecular flexibility index (Phi) is 4.18. The largest absolute Gasteiger partial charge is 0.381 e. The lowest BCUT2D eigenvalue weighted by Crippen LogP contribution is -2.39. The maximum absolute atomic E-state index is 12.5. The van der Waals surface area contributed by atoms with Crippen molar-refractivity contribution in [2.24, 2.45) is 5.92 Å². The van der Waals surface area contributed by atoms with Crippen LogP contribution in [0.25, 0.3) is 0 Å². The van der Waals surface area contributed by atoms with Gasteiger partial charge >= 0.3 is 0 Å². The van der Waals surface area contributed by atoms with Crippen molar-refractivity contribution < 1.29 is 9.53 Å². The molecule has 1 atom stereocenters. The summed E-state index contributed by atoms with van der Waals surface area (Å²) in [6.07, 6.45) is 3.10. The zero-order valence-corrected chi connectivity index (χ0v) is 15.9. The Morgan fingerprint density at radius 1 is 1.36 bits per heavy atom. The number of nitrogens with zero attached hydrogens (tertiary/aromatic N) is 4. The van der Waals surface area contributed by atoms with E-state index in [0.29, 0.717) is 41.1 Å². The zero-order chi connectivity index (χ0) is 19.3. The van der Waals surface area contributed by atoms with Gasteiger partial charge in [-0.05, 0) is 36.1 Å². The molecule has 0 radical (unpaired) electrons. The molecule has 2 aliphatic heterocycles. The molecule has 8 heteroatoms. The third kappa shape index (κ3) is 2.99. The Hall–Kier alpha value is -2.69. The van der Waals surface area contributed by atoms with Gasteiger partial charge in [-0.15, -0.1) is 0 Å². The molecule has 1 aromatic heterocycles. The number of carbonyl (C=O) groups is 1. The molecule has 1 aliphatic carbocycles. The third-order valence-corrected chi connectivity index (χ3v) is 5.81. The van der Waals surface area contributed by atoms with E-state index in [1.54, 1.807) is 12.3 Å². The lowest BCUT2D eigenvalue weighted by molar-refractivity contribution is -0.0433. The van der Waals surface area contributed by atoms with Crippen molar-refractivity contribution in [1.29, 1.82) is 5.26 Å². The number of anilines is 1. The Morgan fingerprint density at radius 3 is 2.96 bits per heavy atom. The molecule has 1 amide bonds. The van der Waals surface area contributed by atoms with E-state index in [1.807, 2.05) is 11.0 Å². The van der Waals surface area contributed by atoms with Gasteiger partial charge in [0.2, 0.25) is 5.95 Å². The summed E-state index contributed by atoms with van der Waals surface area (Å²) in [4.78, 5) is 23.3. The number of halogens is 1. The fourth-order valence-electron chi connectivity index (χ4n) is 4.14. The molecule has 0 spiro atoms. The van der Waals surface area contributed by atoms with Gasteiger partial charge in [0.1, 0.15) is 0 Å². The summed E-state index contributed by atoms with van der Waals surface area (Å²) in [5.74, 6) is 0.930. The molecule has 142 valence electrons. The fourth-order valence-corrected chi connectivity index (χ4v) is 4.38. The molecule has 1 aromatic carbocycles. The van der Waals surface area contributed by atoms with Crippen LogP contribution in [0.4, 0.5) is 5.95 Å². The molecule has 0 bridgehead atoms. The summed E-state index contributed by atoms with van der Waals surface area (Å²) in [7, 11) is 0. The maximum atomic E-state index is 12.5. The first kappa shape index (κ1) is 17.4. The van der Waals surface area contributed by atoms with Gasteiger partial charge in [-0.1, -0.05) is 11.6 Å². The van der Waals surface area contributed by atoms with E-state index in [4.69, 9.17) is 16.3 Å². The monoisotopic (exact) mass is 395 g/mol. The van der Waals surface area contributed by atoms with Crippen molar-refractivity contribution in [3.63, 3.8) is 0 Å². The summed E-state index contributed by atoms with van der Waals surface area (Å²) in [6, 6.07) is 5.95. The summed E-state index contributed by atoms with van der Waals surface area (Å²) in [6.45, 7) is 2.65. The van der Waals surface area contributed by atoms with Gasteiger partial charge in [0.25, 0.3) is 5.91 Å². The summed E-state index contributed by atoms with van der Waals surface area (Å²) < 4.78 is 5.20. The second-order valence-corrected chi connectivity index (χ2v) is 8.03. The summed E-state index contributed by atoms with van der Waals surface area (Å²) >= 11 is 6.12. The second-order valence-electron chi connectivity index (χ2n) is 7.60. The highest BCUT2D eigenvalue weighted by Gasteiger charge is 2.33. The average Bonchev–Trinajstić information content (AvgIpc) is 3.17. The first-order chi connectivity index (χ1) is 13.6. The quantitative estimate of drug-likeness (QED) is 0.853. The minimum absolute atomic E-state index is 0.00461. The first-order valence-corrected chi connectivity index (χ1v) is 9.69. The Balaban J connectivity index is 1.30. The predicted molar refractivity (Wildman–Crippen MR) is 102 cm³/mol. The molecule has 0 unspecified atom stereocenters. The van der Waals surface area contributed by atoms with Crippen LogP contribution in [0.3, 0.4) is 0 Å². The number of hydrogen-bond acceptors (Lipinski definition) is 6. The molecule has 1 saturated heterocycles. The van der Waals surface area contributed by atoms with Crippen molar-refractivity contribution >= 4 is 23.5 Å². The molecule has 3 heterocycles. The number of ether oxygens (including phenoxy) is 1. The van der Waals surface area contributed by atoms with Gasteiger partial charge in [-0.3, -0.25) is 4.79 Å². The van der Waals surface area contributed by atoms with Crippen LogP contribution in [0.2, 0.25) is 5.02 Å². The van der Waals surface area contributed by atoms with Crippen LogP contribution in [0.5, 0.6) is 0 Å². The van der Waals surface area contributed by atoms with Gasteiger partial charge < -0.3 is 15.0 Å². The molecule has 1 fully saturated rings. The van der Waals surface area contributed by atoms with E-state index >= 15 is 0 Å². The highest BCUT2D eigenvalue weighted by molar-refractivity contribution is 6.30. The average molecular weight is 396 g/mol. The van der Waals surface area contributed by atoms with Crippen LogP contribution in [0.15, 0.2) is 18.3 Å². The van der Waals surface area contributed by atoms with Gasteiger partial charge in [0.15, 0.2) is 0 Å². The molecule has 1 N–H and O–H groups in total. The number of amides is 1. The number of nitrogens with one attached hydrogen (secondary N) is 1. The number of hydrogen-bond donors (Lipinski definition) is 1. The van der Waals surface area contributed by atoms with Crippen LogP contribution in [0.1, 0.15) is 32.7 Å². The minimum atomic E-state index is -0.00461. The highest BCUT2D eigenvalue weighted by Crippen LogP contribution is 2.30. The van der Waals surface area contributed by atoms with Crippen LogP contribution in [-0.4, -0.2) is 46.6 Å². The molecule has 0 saturated carbocycles. The van der Waals surface area contributed by atoms with Crippen molar-refractivity contribution in [2.75, 3.05) is 25.1 Å². The zero-order valence-electron chi connectivity index (χ0n) is 15.1. The molecule has 7 nitrogen and oxygen atoms in total. The predicted octanol–water partition coefficient (Wildman–Crippen LogP) is 2.18. The second kappa shape index (κ2) is 6.73. The smallest absolute Gasteiger partial charge is 0.257 e. The number of nitriles is 1. The van der Waals surface area contributed by atoms with E-state index in [-0.39, 0.29) is 11.9 Å². The van der Waals surface area contributed by atoms with Gasteiger partial charge in [-0.2, -0.15) is 5.26 Å². The molecule has 5 rings (SSSR count). The standard InChI is InChI=1S/C20H18ClN5O2/c21-14-1-12-3-15(4-16(12)13(2-14)5-22)24-20-23-6-17-18(25-20)8-26(19(17)27)7-11-9-28-10-11/h1-2,6,11,15H,3-4,7-10H2,(H,23,24,25)/t15-/m0/s1. The van der Waals surface area contributed by atoms with Crippen molar-refractivity contribution in [1.82, 2.24) is 14.9 Å². The number of fused-ring (bicyclic) bond motifs is 2. The van der Waals surface area contributed by atoms with Crippen LogP contribution in [-0.2, 0) is 24.1 Å². The third-order valence-electron chi connectivity index (χ3n) is 5.59. The normalized spacial score (nSPS) is 20.5. The Morgan fingerprint density at radius 2 is 2.21 bits per heavy atom. The van der Waals surface area contributed by atoms with Crippen molar-refractivity contribution in [3.8, 4) is 6.07 Å². The van der Waals surface area contributed by atoms with E-state index in [2.05, 4.69) is 21.4 Å². The minimum Gasteiger partial charge on any atom is -0.381 e. The van der Waals surface area contributed by atoms with Crippen LogP contribution >= 0.6 is 11.6 Å². The molecule has 28 heavy (non-hydrogen) atoms. The molecule has 3 aliphatic rings. The number of carbonyl (C=O) groups excluding carboxylic acids is 1. The number of aromatic nitrogens is 2. The summed E-state index contributed by atoms with van der Waals surface area (Å²) in [5, 5.41) is 13.3. The topological polar surface area (TPSA) is 91.1 Å². The number of benzene rings is 1. The fraction of sp³-hybridized carbons (Fsp3) is 0.400. The SMILES string of the molecule is N#Cc1cc(Cl)cc2c1C[C@@H](Nc1ncc3c(n1)CN(CC1COC1)C3=O)C2.